The summed E-state index contributed by atoms with van der Waals surface area (Å²) in [7, 11) is -0.604. The van der Waals surface area contributed by atoms with Crippen LogP contribution < -0.4 is 9.64 Å². The Balaban J connectivity index is 3.28. The van der Waals surface area contributed by atoms with E-state index >= 15 is 0 Å². The van der Waals surface area contributed by atoms with E-state index in [0.29, 0.717) is 12.3 Å². The van der Waals surface area contributed by atoms with Crippen LogP contribution in [0.15, 0.2) is 48.3 Å². The van der Waals surface area contributed by atoms with Crippen LogP contribution in [-0.4, -0.2) is 21.7 Å². The van der Waals surface area contributed by atoms with E-state index in [2.05, 4.69) is 6.58 Å². The van der Waals surface area contributed by atoms with Gasteiger partial charge in [-0.2, -0.15) is 8.78 Å². The zero-order chi connectivity index (χ0) is 15.3. The molecule has 20 heavy (non-hydrogen) atoms. The minimum absolute atomic E-state index is 0.141. The van der Waals surface area contributed by atoms with Gasteiger partial charge in [0.25, 0.3) is 6.08 Å². The van der Waals surface area contributed by atoms with Gasteiger partial charge in [0, 0.05) is 12.2 Å². The zero-order valence-corrected chi connectivity index (χ0v) is 13.4. The van der Waals surface area contributed by atoms with Crippen LogP contribution in [-0.2, 0) is 0 Å². The van der Waals surface area contributed by atoms with Crippen molar-refractivity contribution < 1.29 is 13.5 Å². The predicted molar refractivity (Wildman–Crippen MR) is 83.1 cm³/mol. The number of benzene rings is 1. The molecule has 0 fully saturated rings. The molecule has 0 bridgehead atoms. The number of nitrogens with zero attached hydrogens (tertiary/aromatic N) is 1. The summed E-state index contributed by atoms with van der Waals surface area (Å²) in [5, 5.41) is 0.141. The van der Waals surface area contributed by atoms with Crippen LogP contribution in [0.3, 0.4) is 0 Å². The summed E-state index contributed by atoms with van der Waals surface area (Å²) >= 11 is 0. The second-order valence-corrected chi connectivity index (χ2v) is 10.4. The third-order valence-electron chi connectivity index (χ3n) is 2.86. The van der Waals surface area contributed by atoms with Crippen molar-refractivity contribution in [3.05, 3.63) is 48.3 Å². The molecule has 0 aliphatic carbocycles. The maximum absolute atomic E-state index is 13.4. The molecule has 5 heteroatoms. The molecule has 0 unspecified atom stereocenters. The molecule has 0 aliphatic rings. The number of hydrogen-bond acceptors (Lipinski definition) is 2. The number of rotatable bonds is 6. The molecule has 0 heterocycles. The van der Waals surface area contributed by atoms with Gasteiger partial charge in [-0.05, 0) is 24.3 Å². The maximum Gasteiger partial charge on any atom is 0.285 e. The Morgan fingerprint density at radius 1 is 1.25 bits per heavy atom. The first-order valence-corrected chi connectivity index (χ1v) is 9.89. The van der Waals surface area contributed by atoms with Crippen LogP contribution in [0.1, 0.15) is 0 Å². The lowest BCUT2D eigenvalue weighted by atomic mass is 10.2. The quantitative estimate of drug-likeness (QED) is 0.558. The first kappa shape index (κ1) is 16.4. The molecule has 110 valence electrons. The number of hydrogen-bond donors (Lipinski definition) is 0. The molecular weight excluding hydrogens is 276 g/mol. The average molecular weight is 297 g/mol. The van der Waals surface area contributed by atoms with Crippen molar-refractivity contribution in [2.45, 2.75) is 19.6 Å². The molecule has 0 atom stereocenters. The SMILES string of the molecule is C=CCN(C(=C(F)F)[Si](C)(C)C)c1ccc(OC)cc1. The average Bonchev–Trinajstić information content (AvgIpc) is 2.36. The van der Waals surface area contributed by atoms with Gasteiger partial charge >= 0.3 is 0 Å². The number of methoxy groups -OCH3 is 1. The van der Waals surface area contributed by atoms with Crippen LogP contribution in [0.4, 0.5) is 14.5 Å². The Bertz CT molecular complexity index is 488. The Morgan fingerprint density at radius 3 is 2.15 bits per heavy atom. The fourth-order valence-electron chi connectivity index (χ4n) is 2.01. The summed E-state index contributed by atoms with van der Waals surface area (Å²) in [5.41, 5.74) is 0.718. The summed E-state index contributed by atoms with van der Waals surface area (Å²) in [5.74, 6) is 0.701. The highest BCUT2D eigenvalue weighted by molar-refractivity contribution is 6.83. The lowest BCUT2D eigenvalue weighted by molar-refractivity contribution is 0.413. The van der Waals surface area contributed by atoms with Gasteiger partial charge < -0.3 is 9.64 Å². The van der Waals surface area contributed by atoms with E-state index in [4.69, 9.17) is 4.74 Å². The second-order valence-electron chi connectivity index (χ2n) is 5.46. The van der Waals surface area contributed by atoms with Crippen molar-refractivity contribution in [1.82, 2.24) is 0 Å². The van der Waals surface area contributed by atoms with Gasteiger partial charge in [0.05, 0.1) is 12.4 Å². The molecule has 1 aromatic carbocycles. The monoisotopic (exact) mass is 297 g/mol. The van der Waals surface area contributed by atoms with Crippen molar-refractivity contribution >= 4 is 13.8 Å². The topological polar surface area (TPSA) is 12.5 Å². The fourth-order valence-corrected chi connectivity index (χ4v) is 3.60. The Kier molecular flexibility index (Phi) is 5.50. The van der Waals surface area contributed by atoms with Crippen LogP contribution in [0.2, 0.25) is 19.6 Å². The lowest BCUT2D eigenvalue weighted by Gasteiger charge is -2.32. The summed E-state index contributed by atoms with van der Waals surface area (Å²) in [6.45, 7) is 9.73. The van der Waals surface area contributed by atoms with Gasteiger partial charge in [-0.1, -0.05) is 25.7 Å². The highest BCUT2D eigenvalue weighted by Gasteiger charge is 2.30. The van der Waals surface area contributed by atoms with Crippen LogP contribution >= 0.6 is 0 Å². The first-order valence-electron chi connectivity index (χ1n) is 6.39. The normalized spacial score (nSPS) is 10.9. The third-order valence-corrected chi connectivity index (χ3v) is 4.73. The van der Waals surface area contributed by atoms with Crippen LogP contribution in [0.5, 0.6) is 5.75 Å². The van der Waals surface area contributed by atoms with Crippen molar-refractivity contribution in [3.63, 3.8) is 0 Å². The van der Waals surface area contributed by atoms with Crippen molar-refractivity contribution in [2.24, 2.45) is 0 Å². The van der Waals surface area contributed by atoms with Gasteiger partial charge in [0.15, 0.2) is 0 Å². The second kappa shape index (κ2) is 6.70. The molecule has 1 rings (SSSR count). The molecule has 0 saturated carbocycles. The van der Waals surface area contributed by atoms with Gasteiger partial charge in [0.2, 0.25) is 0 Å². The van der Waals surface area contributed by atoms with Gasteiger partial charge in [-0.3, -0.25) is 0 Å². The summed E-state index contributed by atoms with van der Waals surface area (Å²) in [4.78, 5) is 1.63. The highest BCUT2D eigenvalue weighted by Crippen LogP contribution is 2.30. The Morgan fingerprint density at radius 2 is 1.80 bits per heavy atom. The molecule has 1 aromatic rings. The van der Waals surface area contributed by atoms with Crippen LogP contribution in [0, 0.1) is 0 Å². The van der Waals surface area contributed by atoms with Gasteiger partial charge in [-0.25, -0.2) is 0 Å². The van der Waals surface area contributed by atoms with E-state index in [9.17, 15) is 8.78 Å². The summed E-state index contributed by atoms with van der Waals surface area (Å²) < 4.78 is 31.9. The fraction of sp³-hybridized carbons (Fsp3) is 0.333. The summed E-state index contributed by atoms with van der Waals surface area (Å²) in [6.07, 6.45) is 0.0228. The van der Waals surface area contributed by atoms with E-state index in [0.717, 1.165) is 5.69 Å². The van der Waals surface area contributed by atoms with Crippen molar-refractivity contribution in [3.8, 4) is 5.75 Å². The van der Waals surface area contributed by atoms with Crippen molar-refractivity contribution in [2.75, 3.05) is 18.6 Å². The Hall–Kier alpha value is -1.62. The number of ether oxygens (including phenoxy) is 1. The van der Waals surface area contributed by atoms with Crippen LogP contribution in [0.25, 0.3) is 0 Å². The highest BCUT2D eigenvalue weighted by atomic mass is 28.3. The van der Waals surface area contributed by atoms with Crippen molar-refractivity contribution in [1.29, 1.82) is 0 Å². The van der Waals surface area contributed by atoms with E-state index in [1.807, 2.05) is 19.6 Å². The minimum Gasteiger partial charge on any atom is -0.497 e. The van der Waals surface area contributed by atoms with E-state index < -0.39 is 14.2 Å². The molecule has 0 amide bonds. The molecule has 0 N–H and O–H groups in total. The van der Waals surface area contributed by atoms with Gasteiger partial charge in [-0.15, -0.1) is 6.58 Å². The molecule has 0 spiro atoms. The van der Waals surface area contributed by atoms with E-state index in [-0.39, 0.29) is 5.32 Å². The standard InChI is InChI=1S/C15H21F2NOSi/c1-6-11-18(15(14(16)17)20(3,4)5)12-7-9-13(19-2)10-8-12/h6-10H,1,11H2,2-5H3. The predicted octanol–water partition coefficient (Wildman–Crippen LogP) is 4.67. The minimum atomic E-state index is -2.18. The lowest BCUT2D eigenvalue weighted by Crippen LogP contribution is -2.38. The Labute approximate surface area is 120 Å². The molecule has 0 radical (unpaired) electrons. The number of halogens is 2. The third kappa shape index (κ3) is 3.93. The maximum atomic E-state index is 13.4. The summed E-state index contributed by atoms with van der Waals surface area (Å²) in [6, 6.07) is 7.10. The van der Waals surface area contributed by atoms with E-state index in [1.165, 1.54) is 0 Å². The number of anilines is 1. The van der Waals surface area contributed by atoms with Gasteiger partial charge in [0.1, 0.15) is 13.8 Å². The molecule has 0 aliphatic heterocycles. The first-order chi connectivity index (χ1) is 9.31. The molecule has 0 aromatic heterocycles. The smallest absolute Gasteiger partial charge is 0.285 e. The zero-order valence-electron chi connectivity index (χ0n) is 12.4. The molecule has 2 nitrogen and oxygen atoms in total. The molecular formula is C15H21F2NOSi. The van der Waals surface area contributed by atoms with E-state index in [1.54, 1.807) is 42.4 Å². The largest absolute Gasteiger partial charge is 0.497 e. The molecule has 0 saturated heterocycles.